The number of nitrogens with one attached hydrogen (secondary N) is 1. The lowest BCUT2D eigenvalue weighted by Gasteiger charge is -2.28. The van der Waals surface area contributed by atoms with Crippen molar-refractivity contribution in [2.24, 2.45) is 5.92 Å². The van der Waals surface area contributed by atoms with E-state index in [0.29, 0.717) is 42.8 Å². The minimum Gasteiger partial charge on any atom is -0.378 e. The normalized spacial score (nSPS) is 19.5. The highest BCUT2D eigenvalue weighted by molar-refractivity contribution is 7.16. The van der Waals surface area contributed by atoms with E-state index in [1.807, 2.05) is 0 Å². The van der Waals surface area contributed by atoms with Crippen LogP contribution >= 0.6 is 11.3 Å². The van der Waals surface area contributed by atoms with Crippen molar-refractivity contribution >= 4 is 28.2 Å². The summed E-state index contributed by atoms with van der Waals surface area (Å²) in [5, 5.41) is 13.1. The Kier molecular flexibility index (Phi) is 6.47. The van der Waals surface area contributed by atoms with Gasteiger partial charge in [0.1, 0.15) is 11.1 Å². The highest BCUT2D eigenvalue weighted by atomic mass is 32.1. The Morgan fingerprint density at radius 3 is 2.81 bits per heavy atom. The molecular formula is C19H26N4O3S. The first kappa shape index (κ1) is 19.8. The zero-order valence-corrected chi connectivity index (χ0v) is 16.7. The van der Waals surface area contributed by atoms with E-state index in [-0.39, 0.29) is 24.9 Å². The molecule has 1 aliphatic heterocycles. The van der Waals surface area contributed by atoms with Crippen LogP contribution in [0, 0.1) is 17.2 Å². The summed E-state index contributed by atoms with van der Waals surface area (Å²) in [6, 6.07) is 2.26. The summed E-state index contributed by atoms with van der Waals surface area (Å²) in [4.78, 5) is 29.4. The van der Waals surface area contributed by atoms with Crippen LogP contribution in [0.3, 0.4) is 0 Å². The molecule has 0 aromatic carbocycles. The zero-order chi connectivity index (χ0) is 19.4. The maximum Gasteiger partial charge on any atom is 0.239 e. The van der Waals surface area contributed by atoms with Gasteiger partial charge in [0.2, 0.25) is 11.8 Å². The summed E-state index contributed by atoms with van der Waals surface area (Å²) in [5.41, 5.74) is 1.72. The Morgan fingerprint density at radius 2 is 2.11 bits per heavy atom. The van der Waals surface area contributed by atoms with E-state index < -0.39 is 0 Å². The number of hydrogen-bond donors (Lipinski definition) is 1. The fourth-order valence-corrected chi connectivity index (χ4v) is 4.95. The SMILES string of the molecule is C[C@H]1CCc2c(sc(NC(=O)CN(C)CC(=O)N3CCOCC3)c2C#N)C1. The molecule has 3 rings (SSSR count). The van der Waals surface area contributed by atoms with Crippen LogP contribution in [0.4, 0.5) is 5.00 Å². The van der Waals surface area contributed by atoms with Crippen LogP contribution < -0.4 is 5.32 Å². The molecule has 2 amide bonds. The van der Waals surface area contributed by atoms with Crippen LogP contribution in [0.5, 0.6) is 0 Å². The minimum atomic E-state index is -0.199. The predicted molar refractivity (Wildman–Crippen MR) is 104 cm³/mol. The third-order valence-corrected chi connectivity index (χ3v) is 6.23. The third kappa shape index (κ3) is 4.86. The summed E-state index contributed by atoms with van der Waals surface area (Å²) in [6.45, 7) is 4.85. The van der Waals surface area contributed by atoms with E-state index in [4.69, 9.17) is 4.74 Å². The standard InChI is InChI=1S/C19H26N4O3S/c1-13-3-4-14-15(10-20)19(27-16(14)9-13)21-17(24)11-22(2)12-18(25)23-5-7-26-8-6-23/h13H,3-9,11-12H2,1-2H3,(H,21,24)/t13-/m0/s1. The molecule has 0 unspecified atom stereocenters. The highest BCUT2D eigenvalue weighted by Crippen LogP contribution is 2.39. The average Bonchev–Trinajstić information content (AvgIpc) is 2.97. The van der Waals surface area contributed by atoms with E-state index in [1.54, 1.807) is 16.8 Å². The lowest BCUT2D eigenvalue weighted by Crippen LogP contribution is -2.46. The van der Waals surface area contributed by atoms with Crippen LogP contribution in [-0.2, 0) is 27.2 Å². The van der Waals surface area contributed by atoms with Gasteiger partial charge in [0.25, 0.3) is 0 Å². The lowest BCUT2D eigenvalue weighted by atomic mass is 9.89. The molecule has 146 valence electrons. The molecule has 1 aliphatic carbocycles. The number of amides is 2. The van der Waals surface area contributed by atoms with Crippen LogP contribution in [0.1, 0.15) is 29.3 Å². The molecule has 0 spiro atoms. The van der Waals surface area contributed by atoms with Crippen molar-refractivity contribution in [3.05, 3.63) is 16.0 Å². The Labute approximate surface area is 163 Å². The summed E-state index contributed by atoms with van der Waals surface area (Å²) < 4.78 is 5.25. The molecule has 1 saturated heterocycles. The first-order valence-electron chi connectivity index (χ1n) is 9.36. The molecule has 8 heteroatoms. The van der Waals surface area contributed by atoms with Gasteiger partial charge in [0.15, 0.2) is 0 Å². The van der Waals surface area contributed by atoms with E-state index >= 15 is 0 Å². The van der Waals surface area contributed by atoms with E-state index in [2.05, 4.69) is 18.3 Å². The molecule has 0 saturated carbocycles. The van der Waals surface area contributed by atoms with Crippen molar-refractivity contribution in [3.8, 4) is 6.07 Å². The maximum absolute atomic E-state index is 12.4. The number of anilines is 1. The van der Waals surface area contributed by atoms with Crippen molar-refractivity contribution in [3.63, 3.8) is 0 Å². The second-order valence-corrected chi connectivity index (χ2v) is 8.49. The smallest absolute Gasteiger partial charge is 0.239 e. The van der Waals surface area contributed by atoms with Crippen molar-refractivity contribution < 1.29 is 14.3 Å². The van der Waals surface area contributed by atoms with Crippen LogP contribution in [-0.4, -0.2) is 68.1 Å². The number of likely N-dealkylation sites (N-methyl/N-ethyl adjacent to an activating group) is 1. The minimum absolute atomic E-state index is 0.00638. The molecule has 1 N–H and O–H groups in total. The predicted octanol–water partition coefficient (Wildman–Crippen LogP) is 1.47. The highest BCUT2D eigenvalue weighted by Gasteiger charge is 2.25. The number of carbonyl (C=O) groups excluding carboxylic acids is 2. The van der Waals surface area contributed by atoms with Crippen LogP contribution in [0.15, 0.2) is 0 Å². The van der Waals surface area contributed by atoms with Gasteiger partial charge in [-0.2, -0.15) is 5.26 Å². The molecule has 2 heterocycles. The average molecular weight is 391 g/mol. The number of fused-ring (bicyclic) bond motifs is 1. The monoisotopic (exact) mass is 390 g/mol. The number of hydrogen-bond acceptors (Lipinski definition) is 6. The lowest BCUT2D eigenvalue weighted by molar-refractivity contribution is -0.136. The number of morpholine rings is 1. The second-order valence-electron chi connectivity index (χ2n) is 7.38. The fraction of sp³-hybridized carbons (Fsp3) is 0.632. The molecular weight excluding hydrogens is 364 g/mol. The molecule has 1 aromatic rings. The van der Waals surface area contributed by atoms with Crippen LogP contribution in [0.25, 0.3) is 0 Å². The summed E-state index contributed by atoms with van der Waals surface area (Å²) in [7, 11) is 1.75. The third-order valence-electron chi connectivity index (χ3n) is 5.06. The first-order chi connectivity index (χ1) is 13.0. The van der Waals surface area contributed by atoms with Gasteiger partial charge in [0.05, 0.1) is 31.9 Å². The molecule has 0 radical (unpaired) electrons. The van der Waals surface area contributed by atoms with E-state index in [1.165, 1.54) is 16.2 Å². The number of nitrogens with zero attached hydrogens (tertiary/aromatic N) is 3. The largest absolute Gasteiger partial charge is 0.378 e. The van der Waals surface area contributed by atoms with Crippen molar-refractivity contribution in [1.82, 2.24) is 9.80 Å². The van der Waals surface area contributed by atoms with Crippen molar-refractivity contribution in [2.45, 2.75) is 26.2 Å². The van der Waals surface area contributed by atoms with Gasteiger partial charge in [-0.1, -0.05) is 6.92 Å². The van der Waals surface area contributed by atoms with Gasteiger partial charge in [-0.25, -0.2) is 0 Å². The Balaban J connectivity index is 1.56. The topological polar surface area (TPSA) is 85.7 Å². The van der Waals surface area contributed by atoms with E-state index in [9.17, 15) is 14.9 Å². The van der Waals surface area contributed by atoms with Gasteiger partial charge < -0.3 is 15.0 Å². The van der Waals surface area contributed by atoms with Gasteiger partial charge >= 0.3 is 0 Å². The zero-order valence-electron chi connectivity index (χ0n) is 15.9. The van der Waals surface area contributed by atoms with Gasteiger partial charge in [-0.05, 0) is 37.8 Å². The number of thiophene rings is 1. The van der Waals surface area contributed by atoms with Gasteiger partial charge in [-0.3, -0.25) is 14.5 Å². The van der Waals surface area contributed by atoms with E-state index in [0.717, 1.165) is 24.8 Å². The fourth-order valence-electron chi connectivity index (χ4n) is 3.57. The molecule has 1 fully saturated rings. The Hall–Kier alpha value is -1.95. The first-order valence-corrected chi connectivity index (χ1v) is 10.2. The maximum atomic E-state index is 12.4. The molecule has 27 heavy (non-hydrogen) atoms. The molecule has 7 nitrogen and oxygen atoms in total. The van der Waals surface area contributed by atoms with Gasteiger partial charge in [0, 0.05) is 18.0 Å². The van der Waals surface area contributed by atoms with Crippen molar-refractivity contribution in [2.75, 3.05) is 51.8 Å². The summed E-state index contributed by atoms with van der Waals surface area (Å²) in [6.07, 6.45) is 2.95. The number of rotatable bonds is 5. The molecule has 2 aliphatic rings. The molecule has 1 atom stereocenters. The summed E-state index contributed by atoms with van der Waals surface area (Å²) in [5.74, 6) is 0.422. The number of carbonyl (C=O) groups is 2. The Bertz CT molecular complexity index is 749. The molecule has 0 bridgehead atoms. The van der Waals surface area contributed by atoms with Crippen molar-refractivity contribution in [1.29, 1.82) is 5.26 Å². The number of ether oxygens (including phenoxy) is 1. The molecule has 1 aromatic heterocycles. The second kappa shape index (κ2) is 8.83. The summed E-state index contributed by atoms with van der Waals surface area (Å²) >= 11 is 1.52. The van der Waals surface area contributed by atoms with Gasteiger partial charge in [-0.15, -0.1) is 11.3 Å². The van der Waals surface area contributed by atoms with Crippen LogP contribution in [0.2, 0.25) is 0 Å². The Morgan fingerprint density at radius 1 is 1.37 bits per heavy atom. The number of nitriles is 1. The quantitative estimate of drug-likeness (QED) is 0.823.